The first-order valence-electron chi connectivity index (χ1n) is 9.85. The summed E-state index contributed by atoms with van der Waals surface area (Å²) in [6.07, 6.45) is 8.45. The number of halogens is 2. The van der Waals surface area contributed by atoms with Gasteiger partial charge in [0.25, 0.3) is 0 Å². The molecule has 0 saturated heterocycles. The number of anilines is 1. The number of benzene rings is 1. The number of rotatable bonds is 5. The van der Waals surface area contributed by atoms with Crippen LogP contribution in [0.3, 0.4) is 0 Å². The van der Waals surface area contributed by atoms with Gasteiger partial charge in [-0.2, -0.15) is 5.10 Å². The van der Waals surface area contributed by atoms with E-state index in [0.29, 0.717) is 16.7 Å². The number of carbonyl (C=O) groups excluding carboxylic acids is 1. The van der Waals surface area contributed by atoms with Crippen LogP contribution in [0, 0.1) is 11.7 Å². The van der Waals surface area contributed by atoms with E-state index in [4.69, 9.17) is 11.6 Å². The lowest BCUT2D eigenvalue weighted by Crippen LogP contribution is -2.34. The van der Waals surface area contributed by atoms with Crippen LogP contribution in [0.25, 0.3) is 16.9 Å². The molecule has 1 amide bonds. The fourth-order valence-corrected chi connectivity index (χ4v) is 3.91. The van der Waals surface area contributed by atoms with Crippen molar-refractivity contribution in [2.45, 2.75) is 31.7 Å². The fraction of sp³-hybridized carbons (Fsp3) is 0.333. The molecule has 1 aliphatic rings. The lowest BCUT2D eigenvalue weighted by molar-refractivity contribution is -0.125. The Morgan fingerprint density at radius 1 is 1.17 bits per heavy atom. The average Bonchev–Trinajstić information content (AvgIpc) is 3.25. The predicted molar refractivity (Wildman–Crippen MR) is 113 cm³/mol. The molecule has 4 rings (SSSR count). The molecule has 30 heavy (non-hydrogen) atoms. The van der Waals surface area contributed by atoms with Gasteiger partial charge in [-0.25, -0.2) is 19.0 Å². The number of nitrogens with zero attached hydrogens (tertiary/aromatic N) is 4. The Bertz CT molecular complexity index is 1030. The minimum atomic E-state index is -0.301. The molecule has 9 heteroatoms. The summed E-state index contributed by atoms with van der Waals surface area (Å²) < 4.78 is 14.8. The number of aromatic nitrogens is 4. The molecule has 1 fully saturated rings. The monoisotopic (exact) mass is 428 g/mol. The van der Waals surface area contributed by atoms with Crippen molar-refractivity contribution in [3.8, 4) is 16.9 Å². The first-order chi connectivity index (χ1) is 14.5. The molecule has 0 radical (unpaired) electrons. The van der Waals surface area contributed by atoms with Gasteiger partial charge in [0.1, 0.15) is 5.82 Å². The van der Waals surface area contributed by atoms with Gasteiger partial charge in [0.2, 0.25) is 11.9 Å². The minimum absolute atomic E-state index is 0.0760. The highest BCUT2D eigenvalue weighted by molar-refractivity contribution is 6.32. The summed E-state index contributed by atoms with van der Waals surface area (Å²) in [4.78, 5) is 20.7. The third-order valence-electron chi connectivity index (χ3n) is 5.37. The summed E-state index contributed by atoms with van der Waals surface area (Å²) in [5.41, 5.74) is 2.04. The zero-order valence-corrected chi connectivity index (χ0v) is 17.2. The van der Waals surface area contributed by atoms with E-state index in [0.717, 1.165) is 36.9 Å². The molecule has 1 saturated carbocycles. The van der Waals surface area contributed by atoms with Crippen molar-refractivity contribution in [3.05, 3.63) is 53.7 Å². The molecule has 7 nitrogen and oxygen atoms in total. The normalized spacial score (nSPS) is 18.8. The van der Waals surface area contributed by atoms with Crippen LogP contribution in [-0.2, 0) is 4.79 Å². The summed E-state index contributed by atoms with van der Waals surface area (Å²) >= 11 is 6.34. The van der Waals surface area contributed by atoms with Gasteiger partial charge in [0.05, 0.1) is 28.8 Å². The average molecular weight is 429 g/mol. The summed E-state index contributed by atoms with van der Waals surface area (Å²) in [6, 6.07) is 6.28. The number of nitrogens with one attached hydrogen (secondary N) is 2. The van der Waals surface area contributed by atoms with E-state index < -0.39 is 0 Å². The van der Waals surface area contributed by atoms with Crippen LogP contribution in [-0.4, -0.2) is 38.7 Å². The first kappa shape index (κ1) is 20.3. The summed E-state index contributed by atoms with van der Waals surface area (Å²) in [7, 11) is 1.67. The maximum atomic E-state index is 13.2. The largest absolute Gasteiger partial charge is 0.359 e. The van der Waals surface area contributed by atoms with E-state index in [1.54, 1.807) is 42.5 Å². The zero-order valence-electron chi connectivity index (χ0n) is 16.5. The first-order valence-corrected chi connectivity index (χ1v) is 10.2. The Morgan fingerprint density at radius 3 is 2.60 bits per heavy atom. The Balaban J connectivity index is 1.48. The van der Waals surface area contributed by atoms with Crippen molar-refractivity contribution in [2.24, 2.45) is 5.92 Å². The van der Waals surface area contributed by atoms with Gasteiger partial charge >= 0.3 is 0 Å². The van der Waals surface area contributed by atoms with Gasteiger partial charge in [-0.3, -0.25) is 4.79 Å². The summed E-state index contributed by atoms with van der Waals surface area (Å²) in [5, 5.41) is 10.8. The molecule has 2 N–H and O–H groups in total. The standard InChI is InChI=1S/C21H22ClFN6O/c1-24-20(30)13-2-6-16(7-3-13)27-21-25-11-18(22)19(28-21)14-10-26-29(12-14)17-8-4-15(23)5-9-17/h4-5,8-13,16H,2-3,6-7H2,1H3,(H,24,30)(H,25,27,28). The van der Waals surface area contributed by atoms with Gasteiger partial charge < -0.3 is 10.6 Å². The smallest absolute Gasteiger partial charge is 0.223 e. The Morgan fingerprint density at radius 2 is 1.90 bits per heavy atom. The molecule has 156 valence electrons. The van der Waals surface area contributed by atoms with Gasteiger partial charge in [-0.05, 0) is 49.9 Å². The van der Waals surface area contributed by atoms with E-state index in [-0.39, 0.29) is 23.7 Å². The fourth-order valence-electron chi connectivity index (χ4n) is 3.71. The highest BCUT2D eigenvalue weighted by atomic mass is 35.5. The van der Waals surface area contributed by atoms with Crippen LogP contribution in [0.5, 0.6) is 0 Å². The van der Waals surface area contributed by atoms with Crippen LogP contribution < -0.4 is 10.6 Å². The third-order valence-corrected chi connectivity index (χ3v) is 5.65. The molecule has 0 atom stereocenters. The van der Waals surface area contributed by atoms with Gasteiger partial charge in [0, 0.05) is 30.8 Å². The predicted octanol–water partition coefficient (Wildman–Crippen LogP) is 3.84. The number of amides is 1. The number of carbonyl (C=O) groups is 1. The Labute approximate surface area is 178 Å². The van der Waals surface area contributed by atoms with Crippen molar-refractivity contribution in [1.82, 2.24) is 25.1 Å². The van der Waals surface area contributed by atoms with E-state index >= 15 is 0 Å². The van der Waals surface area contributed by atoms with Crippen LogP contribution in [0.2, 0.25) is 5.02 Å². The topological polar surface area (TPSA) is 84.7 Å². The SMILES string of the molecule is CNC(=O)C1CCC(Nc2ncc(Cl)c(-c3cnn(-c4ccc(F)cc4)c3)n2)CC1. The summed E-state index contributed by atoms with van der Waals surface area (Å²) in [5.74, 6) is 0.376. The molecule has 2 aromatic heterocycles. The molecule has 0 spiro atoms. The van der Waals surface area contributed by atoms with Gasteiger partial charge in [-0.15, -0.1) is 0 Å². The van der Waals surface area contributed by atoms with E-state index in [1.165, 1.54) is 12.1 Å². The Hall–Kier alpha value is -3.00. The molecular weight excluding hydrogens is 407 g/mol. The van der Waals surface area contributed by atoms with Gasteiger partial charge in [0.15, 0.2) is 0 Å². The second-order valence-corrected chi connectivity index (χ2v) is 7.75. The van der Waals surface area contributed by atoms with Gasteiger partial charge in [-0.1, -0.05) is 11.6 Å². The second kappa shape index (κ2) is 8.79. The molecule has 0 bridgehead atoms. The van der Waals surface area contributed by atoms with Crippen LogP contribution >= 0.6 is 11.6 Å². The van der Waals surface area contributed by atoms with Crippen LogP contribution in [0.15, 0.2) is 42.9 Å². The highest BCUT2D eigenvalue weighted by Gasteiger charge is 2.26. The second-order valence-electron chi connectivity index (χ2n) is 7.35. The van der Waals surface area contributed by atoms with E-state index in [2.05, 4.69) is 25.7 Å². The lowest BCUT2D eigenvalue weighted by atomic mass is 9.85. The summed E-state index contributed by atoms with van der Waals surface area (Å²) in [6.45, 7) is 0. The maximum Gasteiger partial charge on any atom is 0.223 e. The zero-order chi connectivity index (χ0) is 21.1. The van der Waals surface area contributed by atoms with Crippen LogP contribution in [0.4, 0.5) is 10.3 Å². The van der Waals surface area contributed by atoms with Crippen molar-refractivity contribution in [3.63, 3.8) is 0 Å². The van der Waals surface area contributed by atoms with E-state index in [9.17, 15) is 9.18 Å². The Kier molecular flexibility index (Phi) is 5.94. The molecule has 0 unspecified atom stereocenters. The quantitative estimate of drug-likeness (QED) is 0.645. The van der Waals surface area contributed by atoms with Crippen LogP contribution in [0.1, 0.15) is 25.7 Å². The number of hydrogen-bond donors (Lipinski definition) is 2. The van der Waals surface area contributed by atoms with Crippen molar-refractivity contribution in [1.29, 1.82) is 0 Å². The maximum absolute atomic E-state index is 13.2. The lowest BCUT2D eigenvalue weighted by Gasteiger charge is -2.28. The third kappa shape index (κ3) is 4.43. The minimum Gasteiger partial charge on any atom is -0.359 e. The molecule has 1 aromatic carbocycles. The van der Waals surface area contributed by atoms with E-state index in [1.807, 2.05) is 0 Å². The number of hydrogen-bond acceptors (Lipinski definition) is 5. The van der Waals surface area contributed by atoms with Crippen molar-refractivity contribution >= 4 is 23.5 Å². The molecule has 3 aromatic rings. The molecule has 0 aliphatic heterocycles. The molecule has 2 heterocycles. The van der Waals surface area contributed by atoms with Crippen molar-refractivity contribution in [2.75, 3.05) is 12.4 Å². The molecular formula is C21H22ClFN6O. The highest BCUT2D eigenvalue weighted by Crippen LogP contribution is 2.29. The molecule has 1 aliphatic carbocycles. The van der Waals surface area contributed by atoms with Crippen molar-refractivity contribution < 1.29 is 9.18 Å².